The zero-order valence-corrected chi connectivity index (χ0v) is 18.7. The predicted octanol–water partition coefficient (Wildman–Crippen LogP) is 4.80. The number of allylic oxidation sites excluding steroid dienone is 1. The second kappa shape index (κ2) is 8.74. The van der Waals surface area contributed by atoms with Gasteiger partial charge in [0, 0.05) is 17.3 Å². The van der Waals surface area contributed by atoms with E-state index < -0.39 is 0 Å². The summed E-state index contributed by atoms with van der Waals surface area (Å²) in [4.78, 5) is 14.6. The second-order valence-corrected chi connectivity index (χ2v) is 8.54. The summed E-state index contributed by atoms with van der Waals surface area (Å²) in [6.07, 6.45) is 4.28. The van der Waals surface area contributed by atoms with Crippen molar-refractivity contribution in [2.75, 3.05) is 12.0 Å². The lowest BCUT2D eigenvalue weighted by Gasteiger charge is -2.46. The molecule has 158 valence electrons. The first-order valence-electron chi connectivity index (χ1n) is 10.3. The standard InChI is InChI=1S/C25H31N3O2/c1-17(2)28-23-12-9-20(13-22(23)18(3)15-25(28,4)5)16-26-27-24(29)14-19-7-10-21(30-6)11-8-19/h7-13,15-17H,14H2,1-6H3,(H,27,29)/b26-16+. The first-order chi connectivity index (χ1) is 14.2. The summed E-state index contributed by atoms with van der Waals surface area (Å²) in [6, 6.07) is 14.2. The summed E-state index contributed by atoms with van der Waals surface area (Å²) in [5.41, 5.74) is 8.14. The lowest BCUT2D eigenvalue weighted by molar-refractivity contribution is -0.120. The SMILES string of the molecule is COc1ccc(CC(=O)N/N=C/c2ccc3c(c2)C(C)=CC(C)(C)N3C(C)C)cc1. The molecule has 3 rings (SSSR count). The Morgan fingerprint density at radius 2 is 1.90 bits per heavy atom. The number of anilines is 1. The van der Waals surface area contributed by atoms with Crippen LogP contribution in [0.25, 0.3) is 5.57 Å². The first kappa shape index (κ1) is 21.6. The third kappa shape index (κ3) is 4.73. The van der Waals surface area contributed by atoms with Gasteiger partial charge in [-0.25, -0.2) is 5.43 Å². The van der Waals surface area contributed by atoms with Crippen molar-refractivity contribution in [2.45, 2.75) is 52.6 Å². The number of hydrazone groups is 1. The van der Waals surface area contributed by atoms with E-state index in [4.69, 9.17) is 4.74 Å². The Bertz CT molecular complexity index is 972. The highest BCUT2D eigenvalue weighted by molar-refractivity contribution is 5.88. The van der Waals surface area contributed by atoms with Gasteiger partial charge in [0.25, 0.3) is 0 Å². The quantitative estimate of drug-likeness (QED) is 0.555. The fourth-order valence-electron chi connectivity index (χ4n) is 4.24. The van der Waals surface area contributed by atoms with E-state index in [1.165, 1.54) is 16.8 Å². The molecule has 0 atom stereocenters. The van der Waals surface area contributed by atoms with E-state index in [2.05, 4.69) is 68.3 Å². The van der Waals surface area contributed by atoms with E-state index in [9.17, 15) is 4.79 Å². The van der Waals surface area contributed by atoms with Crippen molar-refractivity contribution in [3.05, 3.63) is 65.2 Å². The Morgan fingerprint density at radius 1 is 1.20 bits per heavy atom. The van der Waals surface area contributed by atoms with Crippen LogP contribution in [0.3, 0.4) is 0 Å². The maximum atomic E-state index is 12.2. The van der Waals surface area contributed by atoms with Crippen molar-refractivity contribution in [1.82, 2.24) is 5.43 Å². The van der Waals surface area contributed by atoms with Crippen molar-refractivity contribution < 1.29 is 9.53 Å². The number of benzene rings is 2. The van der Waals surface area contributed by atoms with Gasteiger partial charge in [-0.05, 0) is 75.6 Å². The second-order valence-electron chi connectivity index (χ2n) is 8.54. The minimum atomic E-state index is -0.154. The molecule has 1 heterocycles. The zero-order chi connectivity index (χ0) is 21.9. The number of nitrogens with one attached hydrogen (secondary N) is 1. The third-order valence-electron chi connectivity index (χ3n) is 5.34. The molecule has 2 aromatic carbocycles. The highest BCUT2D eigenvalue weighted by atomic mass is 16.5. The van der Waals surface area contributed by atoms with Crippen molar-refractivity contribution in [3.63, 3.8) is 0 Å². The van der Waals surface area contributed by atoms with Crippen LogP contribution in [0.2, 0.25) is 0 Å². The van der Waals surface area contributed by atoms with Crippen LogP contribution in [-0.2, 0) is 11.2 Å². The molecule has 1 N–H and O–H groups in total. The van der Waals surface area contributed by atoms with Gasteiger partial charge < -0.3 is 9.64 Å². The normalized spacial score (nSPS) is 15.2. The molecule has 0 aromatic heterocycles. The lowest BCUT2D eigenvalue weighted by Crippen LogP contribution is -2.49. The summed E-state index contributed by atoms with van der Waals surface area (Å²) in [5, 5.41) is 4.15. The Kier molecular flexibility index (Phi) is 6.30. The van der Waals surface area contributed by atoms with Gasteiger partial charge in [0.15, 0.2) is 0 Å². The molecule has 30 heavy (non-hydrogen) atoms. The van der Waals surface area contributed by atoms with Gasteiger partial charge in [-0.2, -0.15) is 5.10 Å². The van der Waals surface area contributed by atoms with Crippen LogP contribution in [0.4, 0.5) is 5.69 Å². The molecule has 0 spiro atoms. The van der Waals surface area contributed by atoms with Crippen molar-refractivity contribution >= 4 is 23.4 Å². The van der Waals surface area contributed by atoms with Crippen LogP contribution in [0.1, 0.15) is 51.3 Å². The number of nitrogens with zero attached hydrogens (tertiary/aromatic N) is 2. The molecule has 5 heteroatoms. The smallest absolute Gasteiger partial charge is 0.244 e. The summed E-state index contributed by atoms with van der Waals surface area (Å²) < 4.78 is 5.14. The van der Waals surface area contributed by atoms with Gasteiger partial charge in [0.2, 0.25) is 5.91 Å². The van der Waals surface area contributed by atoms with E-state index in [-0.39, 0.29) is 17.9 Å². The molecule has 0 aliphatic carbocycles. The number of carbonyl (C=O) groups excluding carboxylic acids is 1. The summed E-state index contributed by atoms with van der Waals surface area (Å²) in [5.74, 6) is 0.617. The molecule has 0 fully saturated rings. The molecular weight excluding hydrogens is 374 g/mol. The minimum Gasteiger partial charge on any atom is -0.497 e. The lowest BCUT2D eigenvalue weighted by atomic mass is 9.87. The number of fused-ring (bicyclic) bond motifs is 1. The van der Waals surface area contributed by atoms with Gasteiger partial charge in [-0.15, -0.1) is 0 Å². The number of rotatable bonds is 6. The van der Waals surface area contributed by atoms with Gasteiger partial charge in [0.05, 0.1) is 25.3 Å². The van der Waals surface area contributed by atoms with Gasteiger partial charge in [-0.3, -0.25) is 4.79 Å². The molecule has 2 aromatic rings. The van der Waals surface area contributed by atoms with Crippen LogP contribution in [0, 0.1) is 0 Å². The van der Waals surface area contributed by atoms with Crippen LogP contribution in [0.5, 0.6) is 5.75 Å². The Labute approximate surface area is 179 Å². The molecule has 1 aliphatic rings. The topological polar surface area (TPSA) is 53.9 Å². The van der Waals surface area contributed by atoms with Crippen molar-refractivity contribution in [2.24, 2.45) is 5.10 Å². The minimum absolute atomic E-state index is 0.0315. The molecule has 1 amide bonds. The number of carbonyl (C=O) groups is 1. The summed E-state index contributed by atoms with van der Waals surface area (Å²) in [7, 11) is 1.62. The molecule has 0 radical (unpaired) electrons. The number of hydrogen-bond donors (Lipinski definition) is 1. The Morgan fingerprint density at radius 3 is 2.53 bits per heavy atom. The highest BCUT2D eigenvalue weighted by Gasteiger charge is 2.32. The maximum Gasteiger partial charge on any atom is 0.244 e. The molecule has 0 saturated carbocycles. The molecular formula is C25H31N3O2. The monoisotopic (exact) mass is 405 g/mol. The molecule has 0 unspecified atom stereocenters. The van der Waals surface area contributed by atoms with Crippen molar-refractivity contribution in [3.8, 4) is 5.75 Å². The van der Waals surface area contributed by atoms with Gasteiger partial charge >= 0.3 is 0 Å². The molecule has 1 aliphatic heterocycles. The van der Waals surface area contributed by atoms with Crippen molar-refractivity contribution in [1.29, 1.82) is 0 Å². The van der Waals surface area contributed by atoms with Crippen LogP contribution < -0.4 is 15.1 Å². The van der Waals surface area contributed by atoms with Crippen LogP contribution in [-0.4, -0.2) is 30.8 Å². The number of methoxy groups -OCH3 is 1. The average Bonchev–Trinajstić information content (AvgIpc) is 2.68. The van der Waals surface area contributed by atoms with E-state index in [0.29, 0.717) is 6.04 Å². The van der Waals surface area contributed by atoms with E-state index in [1.54, 1.807) is 13.3 Å². The fraction of sp³-hybridized carbons (Fsp3) is 0.360. The number of amides is 1. The molecule has 0 saturated heterocycles. The summed E-state index contributed by atoms with van der Waals surface area (Å²) >= 11 is 0. The van der Waals surface area contributed by atoms with Crippen LogP contribution in [0.15, 0.2) is 53.6 Å². The van der Waals surface area contributed by atoms with Crippen LogP contribution >= 0.6 is 0 Å². The largest absolute Gasteiger partial charge is 0.497 e. The summed E-state index contributed by atoms with van der Waals surface area (Å²) in [6.45, 7) is 11.1. The van der Waals surface area contributed by atoms with Gasteiger partial charge in [-0.1, -0.05) is 24.3 Å². The number of ether oxygens (including phenoxy) is 1. The Balaban J connectivity index is 1.69. The maximum absolute atomic E-state index is 12.2. The first-order valence-corrected chi connectivity index (χ1v) is 10.3. The molecule has 5 nitrogen and oxygen atoms in total. The molecule has 0 bridgehead atoms. The van der Waals surface area contributed by atoms with E-state index >= 15 is 0 Å². The van der Waals surface area contributed by atoms with Gasteiger partial charge in [0.1, 0.15) is 5.75 Å². The predicted molar refractivity (Wildman–Crippen MR) is 124 cm³/mol. The highest BCUT2D eigenvalue weighted by Crippen LogP contribution is 2.40. The number of hydrogen-bond acceptors (Lipinski definition) is 4. The Hall–Kier alpha value is -3.08. The third-order valence-corrected chi connectivity index (χ3v) is 5.34. The average molecular weight is 406 g/mol. The zero-order valence-electron chi connectivity index (χ0n) is 18.7. The fourth-order valence-corrected chi connectivity index (χ4v) is 4.24. The van der Waals surface area contributed by atoms with E-state index in [0.717, 1.165) is 16.9 Å². The van der Waals surface area contributed by atoms with E-state index in [1.807, 2.05) is 30.3 Å².